The Morgan fingerprint density at radius 3 is 2.48 bits per heavy atom. The lowest BCUT2D eigenvalue weighted by atomic mass is 9.86. The zero-order chi connectivity index (χ0) is 17.6. The number of quaternary nitrogens is 2. The monoisotopic (exact) mass is 345 g/mol. The minimum Gasteiger partial charge on any atom is -0.348 e. The molecule has 1 saturated heterocycles. The molecule has 1 aromatic rings. The largest absolute Gasteiger partial charge is 0.348 e. The predicted molar refractivity (Wildman–Crippen MR) is 101 cm³/mol. The molecular weight excluding hydrogens is 310 g/mol. The van der Waals surface area contributed by atoms with Crippen LogP contribution in [0.4, 0.5) is 0 Å². The van der Waals surface area contributed by atoms with Crippen LogP contribution in [0.2, 0.25) is 0 Å². The molecule has 1 amide bonds. The molecule has 1 aliphatic carbocycles. The zero-order valence-corrected chi connectivity index (χ0v) is 15.9. The molecule has 1 aliphatic heterocycles. The first kappa shape index (κ1) is 18.4. The Bertz CT molecular complexity index is 566. The molecule has 1 heterocycles. The summed E-state index contributed by atoms with van der Waals surface area (Å²) in [5.74, 6) is 0.902. The molecule has 2 fully saturated rings. The van der Waals surface area contributed by atoms with Crippen LogP contribution in [0.15, 0.2) is 24.3 Å². The van der Waals surface area contributed by atoms with Crippen LogP contribution in [-0.4, -0.2) is 44.7 Å². The van der Waals surface area contributed by atoms with Crippen LogP contribution < -0.4 is 15.1 Å². The lowest BCUT2D eigenvalue weighted by Crippen LogP contribution is -3.28. The normalized spacial score (nSPS) is 30.0. The topological polar surface area (TPSA) is 38.0 Å². The number of aryl methyl sites for hydroxylation is 1. The number of piperazine rings is 1. The number of carbonyl (C=O) groups excluding carboxylic acids is 1. The van der Waals surface area contributed by atoms with Gasteiger partial charge in [0.2, 0.25) is 0 Å². The molecule has 2 atom stereocenters. The van der Waals surface area contributed by atoms with E-state index < -0.39 is 0 Å². The first-order valence-electron chi connectivity index (χ1n) is 10.1. The van der Waals surface area contributed by atoms with Crippen LogP contribution in [0.25, 0.3) is 0 Å². The minimum absolute atomic E-state index is 0.260. The van der Waals surface area contributed by atoms with Gasteiger partial charge in [-0.05, 0) is 31.2 Å². The average molecular weight is 346 g/mol. The van der Waals surface area contributed by atoms with E-state index in [-0.39, 0.29) is 5.91 Å². The molecule has 0 spiro atoms. The highest BCUT2D eigenvalue weighted by atomic mass is 16.2. The summed E-state index contributed by atoms with van der Waals surface area (Å²) in [6, 6.07) is 9.11. The van der Waals surface area contributed by atoms with Crippen molar-refractivity contribution in [3.8, 4) is 0 Å². The maximum atomic E-state index is 12.4. The van der Waals surface area contributed by atoms with E-state index in [1.165, 1.54) is 35.3 Å². The van der Waals surface area contributed by atoms with Gasteiger partial charge >= 0.3 is 0 Å². The van der Waals surface area contributed by atoms with Crippen molar-refractivity contribution in [3.63, 3.8) is 0 Å². The molecule has 3 rings (SSSR count). The number of carbonyl (C=O) groups is 1. The van der Waals surface area contributed by atoms with E-state index in [0.29, 0.717) is 18.5 Å². The second-order valence-electron chi connectivity index (χ2n) is 8.22. The fourth-order valence-electron chi connectivity index (χ4n) is 4.40. The number of nitrogens with one attached hydrogen (secondary N) is 3. The molecule has 2 aliphatic rings. The highest BCUT2D eigenvalue weighted by Crippen LogP contribution is 2.23. The smallest absolute Gasteiger partial charge is 0.275 e. The lowest BCUT2D eigenvalue weighted by molar-refractivity contribution is -1.02. The van der Waals surface area contributed by atoms with E-state index in [1.54, 1.807) is 4.90 Å². The number of amides is 1. The Labute approximate surface area is 152 Å². The Balaban J connectivity index is 1.40. The standard InChI is InChI=1S/C21H33N3O/c1-17-7-3-5-9-19(17)15-23-11-13-24(14-12-23)16-21(25)22-20-10-6-4-8-18(20)2/h3,5,7,9,18,20H,4,6,8,10-16H2,1-2H3,(H,22,25)/p+2/t18-,20-/m1/s1. The summed E-state index contributed by atoms with van der Waals surface area (Å²) < 4.78 is 0. The summed E-state index contributed by atoms with van der Waals surface area (Å²) in [4.78, 5) is 15.5. The van der Waals surface area contributed by atoms with Crippen molar-refractivity contribution in [1.29, 1.82) is 0 Å². The van der Waals surface area contributed by atoms with Crippen LogP contribution in [0, 0.1) is 12.8 Å². The third kappa shape index (κ3) is 5.29. The zero-order valence-electron chi connectivity index (χ0n) is 15.9. The summed E-state index contributed by atoms with van der Waals surface area (Å²) in [5, 5.41) is 3.31. The summed E-state index contributed by atoms with van der Waals surface area (Å²) in [6.07, 6.45) is 5.02. The van der Waals surface area contributed by atoms with Crippen molar-refractivity contribution in [2.45, 2.75) is 52.1 Å². The van der Waals surface area contributed by atoms with E-state index in [2.05, 4.69) is 43.4 Å². The molecule has 0 aromatic heterocycles. The van der Waals surface area contributed by atoms with Gasteiger partial charge in [-0.15, -0.1) is 0 Å². The summed E-state index contributed by atoms with van der Waals surface area (Å²) in [6.45, 7) is 10.8. The minimum atomic E-state index is 0.260. The maximum absolute atomic E-state index is 12.4. The van der Waals surface area contributed by atoms with Gasteiger partial charge in [-0.1, -0.05) is 44.0 Å². The van der Waals surface area contributed by atoms with Gasteiger partial charge in [0.25, 0.3) is 5.91 Å². The van der Waals surface area contributed by atoms with Crippen LogP contribution in [0.3, 0.4) is 0 Å². The Morgan fingerprint density at radius 1 is 1.08 bits per heavy atom. The van der Waals surface area contributed by atoms with Gasteiger partial charge in [0.15, 0.2) is 6.54 Å². The fourth-order valence-corrected chi connectivity index (χ4v) is 4.40. The van der Waals surface area contributed by atoms with E-state index in [4.69, 9.17) is 0 Å². The third-order valence-electron chi connectivity index (χ3n) is 6.23. The molecule has 138 valence electrons. The van der Waals surface area contributed by atoms with Crippen molar-refractivity contribution in [2.75, 3.05) is 32.7 Å². The van der Waals surface area contributed by atoms with Crippen molar-refractivity contribution in [2.24, 2.45) is 5.92 Å². The van der Waals surface area contributed by atoms with Gasteiger partial charge in [0, 0.05) is 11.6 Å². The van der Waals surface area contributed by atoms with Gasteiger partial charge < -0.3 is 15.1 Å². The third-order valence-corrected chi connectivity index (χ3v) is 6.23. The van der Waals surface area contributed by atoms with E-state index in [1.807, 2.05) is 0 Å². The molecule has 0 radical (unpaired) electrons. The fraction of sp³-hybridized carbons (Fsp3) is 0.667. The number of hydrogen-bond donors (Lipinski definition) is 3. The quantitative estimate of drug-likeness (QED) is 0.689. The van der Waals surface area contributed by atoms with Gasteiger partial charge in [0.05, 0.1) is 0 Å². The van der Waals surface area contributed by atoms with Crippen molar-refractivity contribution in [1.82, 2.24) is 5.32 Å². The van der Waals surface area contributed by atoms with Gasteiger partial charge in [0.1, 0.15) is 32.7 Å². The summed E-state index contributed by atoms with van der Waals surface area (Å²) in [5.41, 5.74) is 2.86. The molecule has 4 nitrogen and oxygen atoms in total. The SMILES string of the molecule is Cc1ccccc1C[NH+]1CC[NH+](CC(=O)N[C@@H]2CCCC[C@H]2C)CC1. The van der Waals surface area contributed by atoms with Gasteiger partial charge in [-0.3, -0.25) is 4.79 Å². The maximum Gasteiger partial charge on any atom is 0.275 e. The molecule has 1 aromatic carbocycles. The van der Waals surface area contributed by atoms with Gasteiger partial charge in [-0.25, -0.2) is 0 Å². The Hall–Kier alpha value is -1.39. The summed E-state index contributed by atoms with van der Waals surface area (Å²) >= 11 is 0. The summed E-state index contributed by atoms with van der Waals surface area (Å²) in [7, 11) is 0. The van der Waals surface area contributed by atoms with Crippen molar-refractivity contribution >= 4 is 5.91 Å². The molecule has 4 heteroatoms. The predicted octanol–water partition coefficient (Wildman–Crippen LogP) is -0.0267. The van der Waals surface area contributed by atoms with E-state index in [9.17, 15) is 4.79 Å². The molecule has 0 bridgehead atoms. The number of hydrogen-bond acceptors (Lipinski definition) is 1. The molecular formula is C21H35N3O+2. The van der Waals surface area contributed by atoms with E-state index >= 15 is 0 Å². The van der Waals surface area contributed by atoms with Crippen LogP contribution in [0.1, 0.15) is 43.7 Å². The molecule has 3 N–H and O–H groups in total. The molecule has 1 saturated carbocycles. The Kier molecular flexibility index (Phi) is 6.49. The second kappa shape index (κ2) is 8.81. The van der Waals surface area contributed by atoms with E-state index in [0.717, 1.165) is 39.1 Å². The number of rotatable bonds is 5. The van der Waals surface area contributed by atoms with Crippen LogP contribution in [-0.2, 0) is 11.3 Å². The average Bonchev–Trinajstić information content (AvgIpc) is 2.61. The van der Waals surface area contributed by atoms with Gasteiger partial charge in [-0.2, -0.15) is 0 Å². The first-order valence-corrected chi connectivity index (χ1v) is 10.1. The van der Waals surface area contributed by atoms with Crippen LogP contribution >= 0.6 is 0 Å². The highest BCUT2D eigenvalue weighted by molar-refractivity contribution is 5.77. The lowest BCUT2D eigenvalue weighted by Gasteiger charge is -2.32. The Morgan fingerprint density at radius 2 is 1.76 bits per heavy atom. The van der Waals surface area contributed by atoms with Crippen molar-refractivity contribution < 1.29 is 14.6 Å². The van der Waals surface area contributed by atoms with Crippen LogP contribution in [0.5, 0.6) is 0 Å². The molecule has 0 unspecified atom stereocenters. The number of benzene rings is 1. The highest BCUT2D eigenvalue weighted by Gasteiger charge is 2.27. The second-order valence-corrected chi connectivity index (χ2v) is 8.22. The molecule has 25 heavy (non-hydrogen) atoms. The van der Waals surface area contributed by atoms with Crippen molar-refractivity contribution in [3.05, 3.63) is 35.4 Å². The first-order chi connectivity index (χ1) is 12.1.